The van der Waals surface area contributed by atoms with Crippen molar-refractivity contribution in [3.05, 3.63) is 64.5 Å². The summed E-state index contributed by atoms with van der Waals surface area (Å²) in [7, 11) is -2.97. The number of hydrogen-bond acceptors (Lipinski definition) is 5. The molecule has 136 valence electrons. The molecule has 3 aromatic rings. The molecule has 6 nitrogen and oxygen atoms in total. The molecule has 0 fully saturated rings. The molecule has 0 saturated heterocycles. The highest BCUT2D eigenvalue weighted by Crippen LogP contribution is 2.31. The van der Waals surface area contributed by atoms with Crippen molar-refractivity contribution >= 4 is 26.7 Å². The molecule has 1 N–H and O–H groups in total. The molecule has 3 rings (SSSR count). The molecule has 0 aliphatic heterocycles. The minimum absolute atomic E-state index is 0.125. The number of sulfonamides is 1. The number of hydrogen-bond donors (Lipinski definition) is 1. The summed E-state index contributed by atoms with van der Waals surface area (Å²) < 4.78 is 63.7. The van der Waals surface area contributed by atoms with Crippen molar-refractivity contribution in [1.82, 2.24) is 0 Å². The lowest BCUT2D eigenvalue weighted by atomic mass is 10.2. The third-order valence-electron chi connectivity index (χ3n) is 3.61. The van der Waals surface area contributed by atoms with Gasteiger partial charge in [-0.2, -0.15) is 0 Å². The third kappa shape index (κ3) is 3.52. The maximum atomic E-state index is 13.3. The zero-order valence-electron chi connectivity index (χ0n) is 13.4. The van der Waals surface area contributed by atoms with Crippen molar-refractivity contribution in [3.8, 4) is 5.75 Å². The summed E-state index contributed by atoms with van der Waals surface area (Å²) in [5.74, 6) is 0.125. The van der Waals surface area contributed by atoms with E-state index in [0.717, 1.165) is 12.1 Å². The number of fused-ring (bicyclic) bond motifs is 1. The fourth-order valence-corrected chi connectivity index (χ4v) is 3.67. The van der Waals surface area contributed by atoms with Crippen molar-refractivity contribution in [3.63, 3.8) is 0 Å². The van der Waals surface area contributed by atoms with Crippen LogP contribution >= 0.6 is 0 Å². The highest BCUT2D eigenvalue weighted by atomic mass is 32.2. The van der Waals surface area contributed by atoms with E-state index in [1.54, 1.807) is 0 Å². The number of anilines is 1. The minimum Gasteiger partial charge on any atom is -0.497 e. The largest absolute Gasteiger partial charge is 0.497 e. The molecule has 0 spiro atoms. The van der Waals surface area contributed by atoms with Gasteiger partial charge in [-0.1, -0.05) is 0 Å². The summed E-state index contributed by atoms with van der Waals surface area (Å²) >= 11 is 0. The first-order valence-electron chi connectivity index (χ1n) is 7.33. The Morgan fingerprint density at radius 3 is 2.54 bits per heavy atom. The minimum atomic E-state index is -4.27. The van der Waals surface area contributed by atoms with E-state index in [0.29, 0.717) is 5.39 Å². The van der Waals surface area contributed by atoms with Crippen LogP contribution in [-0.4, -0.2) is 15.5 Å². The lowest BCUT2D eigenvalue weighted by Gasteiger charge is -2.13. The van der Waals surface area contributed by atoms with Gasteiger partial charge in [-0.15, -0.1) is 0 Å². The molecule has 1 aromatic heterocycles. The van der Waals surface area contributed by atoms with Crippen LogP contribution in [0.4, 0.5) is 14.5 Å². The quantitative estimate of drug-likeness (QED) is 0.683. The molecule has 0 atom stereocenters. The zero-order valence-corrected chi connectivity index (χ0v) is 14.2. The summed E-state index contributed by atoms with van der Waals surface area (Å²) in [6, 6.07) is 10.2. The molecule has 26 heavy (non-hydrogen) atoms. The molecule has 0 saturated carbocycles. The van der Waals surface area contributed by atoms with Crippen molar-refractivity contribution < 1.29 is 26.4 Å². The standard InChI is InChI=1S/C17H13F2NO5S/c1-24-12-4-6-15(13(9-12)17(18)19)26(22,23)20-11-3-5-14-10(8-11)2-7-16(21)25-14/h2-9,17,20H,1H3. The Balaban J connectivity index is 2.01. The van der Waals surface area contributed by atoms with Crippen LogP contribution in [0.2, 0.25) is 0 Å². The first-order valence-corrected chi connectivity index (χ1v) is 8.81. The van der Waals surface area contributed by atoms with E-state index in [4.69, 9.17) is 9.15 Å². The highest BCUT2D eigenvalue weighted by molar-refractivity contribution is 7.92. The summed E-state index contributed by atoms with van der Waals surface area (Å²) in [6.45, 7) is 0. The van der Waals surface area contributed by atoms with Crippen LogP contribution in [0, 0.1) is 0 Å². The molecule has 0 amide bonds. The molecule has 0 aliphatic carbocycles. The number of methoxy groups -OCH3 is 1. The van der Waals surface area contributed by atoms with Gasteiger partial charge in [0.05, 0.1) is 12.0 Å². The van der Waals surface area contributed by atoms with E-state index in [-0.39, 0.29) is 17.0 Å². The van der Waals surface area contributed by atoms with Gasteiger partial charge in [0.1, 0.15) is 11.3 Å². The highest BCUT2D eigenvalue weighted by Gasteiger charge is 2.24. The molecule has 0 bridgehead atoms. The summed E-state index contributed by atoms with van der Waals surface area (Å²) in [4.78, 5) is 10.6. The van der Waals surface area contributed by atoms with Gasteiger partial charge in [0.15, 0.2) is 0 Å². The SMILES string of the molecule is COc1ccc(S(=O)(=O)Nc2ccc3oc(=O)ccc3c2)c(C(F)F)c1. The molecule has 2 aromatic carbocycles. The Kier molecular flexibility index (Phi) is 4.64. The van der Waals surface area contributed by atoms with Crippen molar-refractivity contribution in [2.75, 3.05) is 11.8 Å². The fourth-order valence-electron chi connectivity index (χ4n) is 2.41. The number of rotatable bonds is 5. The molecular formula is C17H13F2NO5S. The second-order valence-electron chi connectivity index (χ2n) is 5.32. The lowest BCUT2D eigenvalue weighted by Crippen LogP contribution is -2.15. The van der Waals surface area contributed by atoms with Crippen molar-refractivity contribution in [2.45, 2.75) is 11.3 Å². The lowest BCUT2D eigenvalue weighted by molar-refractivity contribution is 0.147. The second kappa shape index (κ2) is 6.75. The zero-order chi connectivity index (χ0) is 18.9. The van der Waals surface area contributed by atoms with Crippen LogP contribution in [-0.2, 0) is 10.0 Å². The predicted molar refractivity (Wildman–Crippen MR) is 91.2 cm³/mol. The van der Waals surface area contributed by atoms with E-state index in [9.17, 15) is 22.0 Å². The Bertz CT molecular complexity index is 1130. The van der Waals surface area contributed by atoms with E-state index < -0.39 is 32.5 Å². The number of nitrogens with one attached hydrogen (secondary N) is 1. The van der Waals surface area contributed by atoms with Gasteiger partial charge in [0.2, 0.25) is 0 Å². The number of halogens is 2. The maximum absolute atomic E-state index is 13.3. The van der Waals surface area contributed by atoms with Crippen molar-refractivity contribution in [2.24, 2.45) is 0 Å². The van der Waals surface area contributed by atoms with Gasteiger partial charge in [0.25, 0.3) is 16.4 Å². The van der Waals surface area contributed by atoms with Crippen LogP contribution in [0.3, 0.4) is 0 Å². The van der Waals surface area contributed by atoms with E-state index in [1.165, 1.54) is 43.5 Å². The summed E-state index contributed by atoms with van der Waals surface area (Å²) in [6.07, 6.45) is -3.00. The molecule has 0 unspecified atom stereocenters. The molecule has 0 aliphatic rings. The first kappa shape index (κ1) is 17.9. The Morgan fingerprint density at radius 1 is 1.08 bits per heavy atom. The Morgan fingerprint density at radius 2 is 1.85 bits per heavy atom. The molecule has 0 radical (unpaired) electrons. The van der Waals surface area contributed by atoms with Crippen molar-refractivity contribution in [1.29, 1.82) is 0 Å². The predicted octanol–water partition coefficient (Wildman–Crippen LogP) is 3.54. The van der Waals surface area contributed by atoms with Crippen LogP contribution < -0.4 is 15.1 Å². The fraction of sp³-hybridized carbons (Fsp3) is 0.118. The maximum Gasteiger partial charge on any atom is 0.336 e. The Hall–Kier alpha value is -2.94. The van der Waals surface area contributed by atoms with Gasteiger partial charge in [-0.25, -0.2) is 22.0 Å². The van der Waals surface area contributed by atoms with Crippen LogP contribution in [0.25, 0.3) is 11.0 Å². The van der Waals surface area contributed by atoms with Gasteiger partial charge < -0.3 is 9.15 Å². The van der Waals surface area contributed by atoms with Gasteiger partial charge in [0, 0.05) is 22.7 Å². The number of alkyl halides is 2. The van der Waals surface area contributed by atoms with E-state index in [2.05, 4.69) is 4.72 Å². The average Bonchev–Trinajstić information content (AvgIpc) is 2.61. The number of benzene rings is 2. The molecule has 9 heteroatoms. The monoisotopic (exact) mass is 381 g/mol. The van der Waals surface area contributed by atoms with Gasteiger partial charge >= 0.3 is 5.63 Å². The van der Waals surface area contributed by atoms with Crippen LogP contribution in [0.1, 0.15) is 12.0 Å². The second-order valence-corrected chi connectivity index (χ2v) is 6.97. The van der Waals surface area contributed by atoms with Gasteiger partial charge in [-0.05, 0) is 42.5 Å². The topological polar surface area (TPSA) is 85.6 Å². The average molecular weight is 381 g/mol. The smallest absolute Gasteiger partial charge is 0.336 e. The number of ether oxygens (including phenoxy) is 1. The van der Waals surface area contributed by atoms with E-state index in [1.807, 2.05) is 0 Å². The van der Waals surface area contributed by atoms with Gasteiger partial charge in [-0.3, -0.25) is 4.72 Å². The Labute approximate surface area is 147 Å². The first-order chi connectivity index (χ1) is 12.3. The summed E-state index contributed by atoms with van der Waals surface area (Å²) in [5, 5.41) is 0.480. The van der Waals surface area contributed by atoms with E-state index >= 15 is 0 Å². The molecular weight excluding hydrogens is 368 g/mol. The normalized spacial score (nSPS) is 11.7. The van der Waals surface area contributed by atoms with Crippen LogP contribution in [0.15, 0.2) is 62.6 Å². The summed E-state index contributed by atoms with van der Waals surface area (Å²) in [5.41, 5.74) is -0.783. The van der Waals surface area contributed by atoms with Crippen LogP contribution in [0.5, 0.6) is 5.75 Å². The molecule has 1 heterocycles. The third-order valence-corrected chi connectivity index (χ3v) is 5.07.